The van der Waals surface area contributed by atoms with Crippen LogP contribution in [-0.4, -0.2) is 10.0 Å². The number of nitro benzene ring substituents is 1. The molecular formula is C6H3ClFNO3. The van der Waals surface area contributed by atoms with Crippen LogP contribution in [0.5, 0.6) is 5.75 Å². The van der Waals surface area contributed by atoms with Gasteiger partial charge < -0.3 is 5.11 Å². The van der Waals surface area contributed by atoms with Crippen LogP contribution in [-0.2, 0) is 0 Å². The van der Waals surface area contributed by atoms with Crippen LogP contribution in [0.1, 0.15) is 0 Å². The largest absolute Gasteiger partial charge is 0.505 e. The highest BCUT2D eigenvalue weighted by atomic mass is 35.5. The number of halogens is 2. The minimum Gasteiger partial charge on any atom is -0.505 e. The van der Waals surface area contributed by atoms with Gasteiger partial charge in [0.25, 0.3) is 5.69 Å². The molecule has 0 heterocycles. The number of aromatic hydroxyl groups is 1. The van der Waals surface area contributed by atoms with E-state index in [4.69, 9.17) is 16.7 Å². The van der Waals surface area contributed by atoms with Gasteiger partial charge in [-0.1, -0.05) is 11.6 Å². The molecule has 1 aromatic carbocycles. The predicted molar refractivity (Wildman–Crippen MR) is 39.7 cm³/mol. The predicted octanol–water partition coefficient (Wildman–Crippen LogP) is 2.09. The summed E-state index contributed by atoms with van der Waals surface area (Å²) < 4.78 is 12.7. The molecule has 0 saturated heterocycles. The molecule has 0 radical (unpaired) electrons. The zero-order chi connectivity index (χ0) is 9.30. The van der Waals surface area contributed by atoms with Crippen molar-refractivity contribution in [2.45, 2.75) is 0 Å². The van der Waals surface area contributed by atoms with Gasteiger partial charge in [-0.25, -0.2) is 4.39 Å². The van der Waals surface area contributed by atoms with Gasteiger partial charge in [0.15, 0.2) is 16.6 Å². The second kappa shape index (κ2) is 2.94. The van der Waals surface area contributed by atoms with E-state index in [1.807, 2.05) is 0 Å². The molecule has 0 unspecified atom stereocenters. The van der Waals surface area contributed by atoms with Gasteiger partial charge in [-0.15, -0.1) is 0 Å². The van der Waals surface area contributed by atoms with Crippen molar-refractivity contribution in [2.24, 2.45) is 0 Å². The highest BCUT2D eigenvalue weighted by molar-refractivity contribution is 6.32. The smallest absolute Gasteiger partial charge is 0.291 e. The molecular weight excluding hydrogens is 189 g/mol. The third-order valence-electron chi connectivity index (χ3n) is 1.24. The van der Waals surface area contributed by atoms with Crippen molar-refractivity contribution in [2.75, 3.05) is 0 Å². The fourth-order valence-corrected chi connectivity index (χ4v) is 0.899. The molecule has 1 aromatic rings. The SMILES string of the molecule is O=[N+]([O-])c1ccc(O)c(F)c1Cl. The van der Waals surface area contributed by atoms with Crippen molar-refractivity contribution in [1.29, 1.82) is 0 Å². The zero-order valence-electron chi connectivity index (χ0n) is 5.62. The number of phenols is 1. The van der Waals surface area contributed by atoms with Crippen molar-refractivity contribution < 1.29 is 14.4 Å². The lowest BCUT2D eigenvalue weighted by Gasteiger charge is -1.97. The maximum atomic E-state index is 12.7. The van der Waals surface area contributed by atoms with Crippen LogP contribution >= 0.6 is 11.6 Å². The molecule has 0 atom stereocenters. The molecule has 64 valence electrons. The van der Waals surface area contributed by atoms with E-state index in [1.165, 1.54) is 0 Å². The van der Waals surface area contributed by atoms with Crippen molar-refractivity contribution in [1.82, 2.24) is 0 Å². The minimum absolute atomic E-state index is 0.563. The van der Waals surface area contributed by atoms with E-state index in [2.05, 4.69) is 0 Å². The summed E-state index contributed by atoms with van der Waals surface area (Å²) in [5.74, 6) is -1.88. The zero-order valence-corrected chi connectivity index (χ0v) is 6.38. The Balaban J connectivity index is 3.36. The lowest BCUT2D eigenvalue weighted by molar-refractivity contribution is -0.384. The average Bonchev–Trinajstić information content (AvgIpc) is 2.00. The Morgan fingerprint density at radius 3 is 2.67 bits per heavy atom. The van der Waals surface area contributed by atoms with Crippen LogP contribution in [0, 0.1) is 15.9 Å². The fourth-order valence-electron chi connectivity index (χ4n) is 0.670. The Morgan fingerprint density at radius 2 is 2.17 bits per heavy atom. The molecule has 0 amide bonds. The summed E-state index contributed by atoms with van der Waals surface area (Å²) in [6.45, 7) is 0. The Bertz CT molecular complexity index is 342. The minimum atomic E-state index is -1.18. The quantitative estimate of drug-likeness (QED) is 0.546. The van der Waals surface area contributed by atoms with Gasteiger partial charge in [-0.3, -0.25) is 10.1 Å². The Morgan fingerprint density at radius 1 is 1.58 bits per heavy atom. The van der Waals surface area contributed by atoms with Crippen molar-refractivity contribution in [3.05, 3.63) is 33.1 Å². The Kier molecular flexibility index (Phi) is 2.14. The summed E-state index contributed by atoms with van der Waals surface area (Å²) >= 11 is 5.22. The van der Waals surface area contributed by atoms with Gasteiger partial charge in [0.2, 0.25) is 0 Å². The van der Waals surface area contributed by atoms with Gasteiger partial charge in [0.1, 0.15) is 0 Å². The van der Waals surface area contributed by atoms with Gasteiger partial charge in [0.05, 0.1) is 4.92 Å². The van der Waals surface area contributed by atoms with E-state index in [1.54, 1.807) is 0 Å². The van der Waals surface area contributed by atoms with Gasteiger partial charge in [-0.05, 0) is 6.07 Å². The first-order chi connectivity index (χ1) is 5.54. The Labute approximate surface area is 71.3 Å². The number of hydrogen-bond acceptors (Lipinski definition) is 3. The van der Waals surface area contributed by atoms with Gasteiger partial charge >= 0.3 is 0 Å². The highest BCUT2D eigenvalue weighted by Crippen LogP contribution is 2.31. The number of nitro groups is 1. The van der Waals surface area contributed by atoms with Crippen LogP contribution in [0.4, 0.5) is 10.1 Å². The molecule has 0 fully saturated rings. The summed E-state index contributed by atoms with van der Waals surface area (Å²) in [4.78, 5) is 9.33. The molecule has 12 heavy (non-hydrogen) atoms. The van der Waals surface area contributed by atoms with Crippen LogP contribution in [0.3, 0.4) is 0 Å². The van der Waals surface area contributed by atoms with E-state index in [0.717, 1.165) is 12.1 Å². The second-order valence-electron chi connectivity index (χ2n) is 1.99. The molecule has 0 aliphatic rings. The Hall–Kier alpha value is -1.36. The van der Waals surface area contributed by atoms with Gasteiger partial charge in [0, 0.05) is 6.07 Å². The van der Waals surface area contributed by atoms with Crippen molar-refractivity contribution in [3.63, 3.8) is 0 Å². The first-order valence-electron chi connectivity index (χ1n) is 2.85. The fraction of sp³-hybridized carbons (Fsp3) is 0. The molecule has 0 aliphatic heterocycles. The second-order valence-corrected chi connectivity index (χ2v) is 2.37. The maximum Gasteiger partial charge on any atom is 0.291 e. The topological polar surface area (TPSA) is 63.4 Å². The standard InChI is InChI=1S/C6H3ClFNO3/c7-5-3(9(11)12)1-2-4(10)6(5)8/h1-2,10H. The summed E-state index contributed by atoms with van der Waals surface area (Å²) in [7, 11) is 0. The van der Waals surface area contributed by atoms with Crippen LogP contribution in [0.25, 0.3) is 0 Å². The maximum absolute atomic E-state index is 12.7. The van der Waals surface area contributed by atoms with Crippen molar-refractivity contribution in [3.8, 4) is 5.75 Å². The number of benzene rings is 1. The number of hydrogen-bond donors (Lipinski definition) is 1. The monoisotopic (exact) mass is 191 g/mol. The molecule has 0 saturated carbocycles. The summed E-state index contributed by atoms with van der Waals surface area (Å²) in [5, 5.41) is 18.2. The molecule has 6 heteroatoms. The van der Waals surface area contributed by atoms with Crippen LogP contribution in [0.2, 0.25) is 5.02 Å². The van der Waals surface area contributed by atoms with Crippen LogP contribution in [0.15, 0.2) is 12.1 Å². The lowest BCUT2D eigenvalue weighted by Crippen LogP contribution is -1.91. The number of rotatable bonds is 1. The number of phenolic OH excluding ortho intramolecular Hbond substituents is 1. The van der Waals surface area contributed by atoms with E-state index in [0.29, 0.717) is 0 Å². The first-order valence-corrected chi connectivity index (χ1v) is 3.23. The average molecular weight is 192 g/mol. The molecule has 1 N–H and O–H groups in total. The van der Waals surface area contributed by atoms with E-state index in [9.17, 15) is 14.5 Å². The highest BCUT2D eigenvalue weighted by Gasteiger charge is 2.18. The molecule has 0 aromatic heterocycles. The lowest BCUT2D eigenvalue weighted by atomic mass is 10.3. The summed E-state index contributed by atoms with van der Waals surface area (Å²) in [6, 6.07) is 1.81. The first kappa shape index (κ1) is 8.73. The summed E-state index contributed by atoms with van der Waals surface area (Å²) in [5.41, 5.74) is -0.563. The molecule has 0 aliphatic carbocycles. The van der Waals surface area contributed by atoms with Gasteiger partial charge in [-0.2, -0.15) is 0 Å². The van der Waals surface area contributed by atoms with E-state index in [-0.39, 0.29) is 0 Å². The summed E-state index contributed by atoms with van der Waals surface area (Å²) in [6.07, 6.45) is 0. The third kappa shape index (κ3) is 1.31. The number of nitrogens with zero attached hydrogens (tertiary/aromatic N) is 1. The van der Waals surface area contributed by atoms with Crippen molar-refractivity contribution >= 4 is 17.3 Å². The van der Waals surface area contributed by atoms with E-state index >= 15 is 0 Å². The normalized spacial score (nSPS) is 9.83. The third-order valence-corrected chi connectivity index (χ3v) is 1.60. The van der Waals surface area contributed by atoms with Crippen LogP contribution < -0.4 is 0 Å². The molecule has 0 spiro atoms. The molecule has 0 bridgehead atoms. The molecule has 4 nitrogen and oxygen atoms in total. The van der Waals surface area contributed by atoms with E-state index < -0.39 is 27.2 Å². The molecule has 1 rings (SSSR count).